The smallest absolute Gasteiger partial charge is 0.251 e. The third-order valence-corrected chi connectivity index (χ3v) is 3.12. The quantitative estimate of drug-likeness (QED) is 0.764. The Balaban J connectivity index is 1.72. The molecule has 3 aromatic heterocycles. The van der Waals surface area contributed by atoms with E-state index in [2.05, 4.69) is 30.5 Å². The Hall–Kier alpha value is -3.09. The maximum absolute atomic E-state index is 12.1. The van der Waals surface area contributed by atoms with Crippen LogP contribution < -0.4 is 5.32 Å². The highest BCUT2D eigenvalue weighted by atomic mass is 16.1. The van der Waals surface area contributed by atoms with E-state index >= 15 is 0 Å². The van der Waals surface area contributed by atoms with Crippen LogP contribution in [0.5, 0.6) is 0 Å². The van der Waals surface area contributed by atoms with E-state index in [4.69, 9.17) is 0 Å². The number of rotatable bonds is 4. The van der Waals surface area contributed by atoms with Crippen molar-refractivity contribution in [3.05, 3.63) is 60.4 Å². The first kappa shape index (κ1) is 13.9. The zero-order valence-corrected chi connectivity index (χ0v) is 11.9. The highest BCUT2D eigenvalue weighted by molar-refractivity contribution is 5.94. The van der Waals surface area contributed by atoms with Gasteiger partial charge in [0, 0.05) is 35.9 Å². The monoisotopic (exact) mass is 294 g/mol. The lowest BCUT2D eigenvalue weighted by Gasteiger charge is -2.10. The SMILES string of the molecule is CC(NC(=O)c1ccncc1)c1nc(-c2cccnc2)n[nH]1. The lowest BCUT2D eigenvalue weighted by atomic mass is 10.2. The first-order chi connectivity index (χ1) is 10.7. The predicted octanol–water partition coefficient (Wildman–Crippen LogP) is 1.75. The maximum atomic E-state index is 12.1. The number of carbonyl (C=O) groups excluding carboxylic acids is 1. The molecule has 0 bridgehead atoms. The van der Waals surface area contributed by atoms with E-state index in [0.717, 1.165) is 5.56 Å². The number of hydrogen-bond donors (Lipinski definition) is 2. The molecule has 0 aliphatic heterocycles. The van der Waals surface area contributed by atoms with E-state index in [0.29, 0.717) is 17.2 Å². The second-order valence-electron chi connectivity index (χ2n) is 4.72. The topological polar surface area (TPSA) is 96.5 Å². The molecule has 7 nitrogen and oxygen atoms in total. The average molecular weight is 294 g/mol. The molecule has 0 aromatic carbocycles. The zero-order chi connectivity index (χ0) is 15.4. The van der Waals surface area contributed by atoms with Gasteiger partial charge in [0.1, 0.15) is 5.82 Å². The van der Waals surface area contributed by atoms with E-state index in [9.17, 15) is 4.79 Å². The van der Waals surface area contributed by atoms with Crippen LogP contribution in [0, 0.1) is 0 Å². The molecule has 0 aliphatic rings. The molecule has 110 valence electrons. The van der Waals surface area contributed by atoms with Crippen LogP contribution >= 0.6 is 0 Å². The molecule has 0 saturated heterocycles. The van der Waals surface area contributed by atoms with Crippen molar-refractivity contribution in [2.75, 3.05) is 0 Å². The summed E-state index contributed by atoms with van der Waals surface area (Å²) in [7, 11) is 0. The van der Waals surface area contributed by atoms with Gasteiger partial charge in [0.2, 0.25) is 0 Å². The van der Waals surface area contributed by atoms with Gasteiger partial charge in [0.25, 0.3) is 5.91 Å². The number of nitrogens with one attached hydrogen (secondary N) is 2. The van der Waals surface area contributed by atoms with Crippen molar-refractivity contribution >= 4 is 5.91 Å². The summed E-state index contributed by atoms with van der Waals surface area (Å²) in [6, 6.07) is 6.71. The number of amides is 1. The predicted molar refractivity (Wildman–Crippen MR) is 79.7 cm³/mol. The minimum atomic E-state index is -0.293. The Morgan fingerprint density at radius 2 is 2.00 bits per heavy atom. The number of aromatic nitrogens is 5. The molecule has 22 heavy (non-hydrogen) atoms. The molecule has 3 rings (SSSR count). The molecule has 3 aromatic rings. The maximum Gasteiger partial charge on any atom is 0.251 e. The summed E-state index contributed by atoms with van der Waals surface area (Å²) in [4.78, 5) is 24.4. The third kappa shape index (κ3) is 2.98. The van der Waals surface area contributed by atoms with Crippen LogP contribution in [0.15, 0.2) is 49.1 Å². The second kappa shape index (κ2) is 6.13. The van der Waals surface area contributed by atoms with E-state index in [1.807, 2.05) is 19.1 Å². The summed E-state index contributed by atoms with van der Waals surface area (Å²) in [6.45, 7) is 1.84. The van der Waals surface area contributed by atoms with Crippen molar-refractivity contribution < 1.29 is 4.79 Å². The van der Waals surface area contributed by atoms with Crippen molar-refractivity contribution in [1.29, 1.82) is 0 Å². The van der Waals surface area contributed by atoms with Crippen molar-refractivity contribution in [2.24, 2.45) is 0 Å². The molecule has 0 saturated carbocycles. The van der Waals surface area contributed by atoms with Crippen molar-refractivity contribution in [3.8, 4) is 11.4 Å². The summed E-state index contributed by atoms with van der Waals surface area (Å²) in [6.07, 6.45) is 6.53. The summed E-state index contributed by atoms with van der Waals surface area (Å²) in [5.41, 5.74) is 1.37. The summed E-state index contributed by atoms with van der Waals surface area (Å²) < 4.78 is 0. The molecule has 2 N–H and O–H groups in total. The van der Waals surface area contributed by atoms with Crippen LogP contribution in [0.25, 0.3) is 11.4 Å². The van der Waals surface area contributed by atoms with Crippen LogP contribution in [0.4, 0.5) is 0 Å². The lowest BCUT2D eigenvalue weighted by Crippen LogP contribution is -2.27. The average Bonchev–Trinajstić information content (AvgIpc) is 3.06. The van der Waals surface area contributed by atoms with Crippen LogP contribution in [-0.2, 0) is 0 Å². The summed E-state index contributed by atoms with van der Waals surface area (Å²) in [5, 5.41) is 9.86. The number of aromatic amines is 1. The highest BCUT2D eigenvalue weighted by Crippen LogP contribution is 2.15. The Labute approximate surface area is 126 Å². The van der Waals surface area contributed by atoms with Crippen LogP contribution in [-0.4, -0.2) is 31.1 Å². The third-order valence-electron chi connectivity index (χ3n) is 3.12. The molecule has 7 heteroatoms. The molecule has 0 spiro atoms. The Bertz CT molecular complexity index is 756. The van der Waals surface area contributed by atoms with E-state index in [-0.39, 0.29) is 11.9 Å². The van der Waals surface area contributed by atoms with Gasteiger partial charge >= 0.3 is 0 Å². The van der Waals surface area contributed by atoms with E-state index < -0.39 is 0 Å². The number of H-pyrrole nitrogens is 1. The first-order valence-corrected chi connectivity index (χ1v) is 6.77. The van der Waals surface area contributed by atoms with Gasteiger partial charge in [-0.15, -0.1) is 0 Å². The number of hydrogen-bond acceptors (Lipinski definition) is 5. The molecular weight excluding hydrogens is 280 g/mol. The minimum absolute atomic E-state index is 0.186. The minimum Gasteiger partial charge on any atom is -0.342 e. The number of nitrogens with zero attached hydrogens (tertiary/aromatic N) is 4. The molecule has 3 heterocycles. The van der Waals surface area contributed by atoms with Crippen LogP contribution in [0.1, 0.15) is 29.1 Å². The van der Waals surface area contributed by atoms with Crippen molar-refractivity contribution in [3.63, 3.8) is 0 Å². The van der Waals surface area contributed by atoms with E-state index in [1.165, 1.54) is 0 Å². The van der Waals surface area contributed by atoms with Gasteiger partial charge in [0.15, 0.2) is 5.82 Å². The molecule has 0 fully saturated rings. The molecule has 0 radical (unpaired) electrons. The Morgan fingerprint density at radius 1 is 1.18 bits per heavy atom. The Kier molecular flexibility index (Phi) is 3.86. The van der Waals surface area contributed by atoms with Crippen molar-refractivity contribution in [2.45, 2.75) is 13.0 Å². The van der Waals surface area contributed by atoms with Gasteiger partial charge in [-0.1, -0.05) is 0 Å². The molecule has 0 aliphatic carbocycles. The second-order valence-corrected chi connectivity index (χ2v) is 4.72. The first-order valence-electron chi connectivity index (χ1n) is 6.77. The van der Waals surface area contributed by atoms with Gasteiger partial charge in [-0.25, -0.2) is 4.98 Å². The summed E-state index contributed by atoms with van der Waals surface area (Å²) in [5.74, 6) is 0.948. The lowest BCUT2D eigenvalue weighted by molar-refractivity contribution is 0.0938. The fraction of sp³-hybridized carbons (Fsp3) is 0.133. The molecular formula is C15H14N6O. The standard InChI is InChI=1S/C15H14N6O/c1-10(18-15(22)11-4-7-16-8-5-11)13-19-14(21-20-13)12-3-2-6-17-9-12/h2-10H,1H3,(H,18,22)(H,19,20,21). The normalized spacial score (nSPS) is 11.9. The van der Waals surface area contributed by atoms with Crippen molar-refractivity contribution in [1.82, 2.24) is 30.5 Å². The van der Waals surface area contributed by atoms with Gasteiger partial charge in [-0.2, -0.15) is 5.10 Å². The van der Waals surface area contributed by atoms with Gasteiger partial charge in [-0.3, -0.25) is 19.9 Å². The van der Waals surface area contributed by atoms with Crippen LogP contribution in [0.2, 0.25) is 0 Å². The largest absolute Gasteiger partial charge is 0.342 e. The van der Waals surface area contributed by atoms with Crippen LogP contribution in [0.3, 0.4) is 0 Å². The molecule has 1 unspecified atom stereocenters. The molecule has 1 amide bonds. The van der Waals surface area contributed by atoms with Gasteiger partial charge in [-0.05, 0) is 31.2 Å². The summed E-state index contributed by atoms with van der Waals surface area (Å²) >= 11 is 0. The van der Waals surface area contributed by atoms with E-state index in [1.54, 1.807) is 36.9 Å². The Morgan fingerprint density at radius 3 is 2.73 bits per heavy atom. The highest BCUT2D eigenvalue weighted by Gasteiger charge is 2.15. The van der Waals surface area contributed by atoms with Gasteiger partial charge < -0.3 is 5.32 Å². The number of carbonyl (C=O) groups is 1. The molecule has 1 atom stereocenters. The fourth-order valence-electron chi connectivity index (χ4n) is 1.94. The number of pyridine rings is 2. The zero-order valence-electron chi connectivity index (χ0n) is 11.9. The van der Waals surface area contributed by atoms with Gasteiger partial charge in [0.05, 0.1) is 6.04 Å². The fourth-order valence-corrected chi connectivity index (χ4v) is 1.94.